The van der Waals surface area contributed by atoms with Crippen LogP contribution in [-0.2, 0) is 56.6 Å². The van der Waals surface area contributed by atoms with Crippen LogP contribution in [0, 0.1) is 11.7 Å². The number of aromatic amines is 1. The molecule has 428 valence electrons. The number of nitrogens with one attached hydrogen (secondary N) is 7. The first-order valence-corrected chi connectivity index (χ1v) is 25.8. The summed E-state index contributed by atoms with van der Waals surface area (Å²) in [6.07, 6.45) is 1.67. The van der Waals surface area contributed by atoms with Gasteiger partial charge in [0, 0.05) is 43.3 Å². The number of amides is 6. The van der Waals surface area contributed by atoms with Crippen molar-refractivity contribution in [3.63, 3.8) is 0 Å². The lowest BCUT2D eigenvalue weighted by Gasteiger charge is -2.33. The molecule has 26 nitrogen and oxygen atoms in total. The minimum atomic E-state index is -1.05. The number of hydrogen-bond acceptors (Lipinski definition) is 18. The molecule has 0 unspecified atom stereocenters. The van der Waals surface area contributed by atoms with Crippen LogP contribution in [0.1, 0.15) is 74.1 Å². The second-order valence-electron chi connectivity index (χ2n) is 18.5. The molecule has 1 aliphatic heterocycles. The number of urea groups is 1. The van der Waals surface area contributed by atoms with E-state index in [4.69, 9.17) is 40.1 Å². The van der Waals surface area contributed by atoms with Gasteiger partial charge in [0.1, 0.15) is 42.4 Å². The van der Waals surface area contributed by atoms with Crippen LogP contribution in [0.4, 0.5) is 25.4 Å². The Morgan fingerprint density at radius 2 is 1.48 bits per heavy atom. The Labute approximate surface area is 454 Å². The molecule has 0 fully saturated rings. The minimum Gasteiger partial charge on any atom is -0.494 e. The maximum absolute atomic E-state index is 14.7. The highest BCUT2D eigenvalue weighted by Crippen LogP contribution is 2.46. The molecule has 0 radical (unpaired) electrons. The number of primary amides is 1. The van der Waals surface area contributed by atoms with Gasteiger partial charge < -0.3 is 70.9 Å². The Morgan fingerprint density at radius 3 is 2.13 bits per heavy atom. The van der Waals surface area contributed by atoms with E-state index >= 15 is 0 Å². The van der Waals surface area contributed by atoms with Crippen molar-refractivity contribution < 1.29 is 61.6 Å². The third-order valence-electron chi connectivity index (χ3n) is 12.3. The van der Waals surface area contributed by atoms with E-state index in [0.717, 1.165) is 5.56 Å². The fourth-order valence-electron chi connectivity index (χ4n) is 8.37. The van der Waals surface area contributed by atoms with Crippen LogP contribution in [0.15, 0.2) is 71.8 Å². The van der Waals surface area contributed by atoms with E-state index in [1.165, 1.54) is 18.5 Å². The molecule has 0 bridgehead atoms. The highest BCUT2D eigenvalue weighted by Gasteiger charge is 2.38. The fraction of sp³-hybridized carbons (Fsp3) is 0.481. The quantitative estimate of drug-likeness (QED) is 0.0211. The van der Waals surface area contributed by atoms with Crippen LogP contribution in [0.5, 0.6) is 5.75 Å². The molecule has 0 saturated carbocycles. The summed E-state index contributed by atoms with van der Waals surface area (Å²) in [5.41, 5.74) is 7.53. The number of anilines is 2. The first-order chi connectivity index (χ1) is 38.2. The van der Waals surface area contributed by atoms with Crippen molar-refractivity contribution in [3.05, 3.63) is 106 Å². The molecule has 11 N–H and O–H groups in total. The SMILES string of the molecule is CC(C)[C@H](NC(=O)CCOCCOCCOCCOCCON)C(=O)N[C@@H](CCCNC(N)=O)C(=O)Nc1ccc(COC(=O)NCCCOc2ccc([C@H]3Nc4cc(F)cc5c(=O)[nH]nc(c45)[C@@H]3c3ncnn3C)cc2)cc1. The van der Waals surface area contributed by atoms with E-state index in [0.29, 0.717) is 98.7 Å². The second-order valence-corrected chi connectivity index (χ2v) is 18.5. The number of alkyl carbamates (subject to hydrolysis) is 1. The molecule has 6 rings (SSSR count). The zero-order valence-corrected chi connectivity index (χ0v) is 44.4. The number of aryl methyl sites for hydroxylation is 1. The number of ether oxygens (including phenoxy) is 6. The highest BCUT2D eigenvalue weighted by atomic mass is 19.1. The zero-order chi connectivity index (χ0) is 56.5. The van der Waals surface area contributed by atoms with Gasteiger partial charge in [-0.05, 0) is 72.7 Å². The molecule has 0 saturated heterocycles. The summed E-state index contributed by atoms with van der Waals surface area (Å²) in [5, 5.41) is 28.7. The summed E-state index contributed by atoms with van der Waals surface area (Å²) in [6.45, 7) is 7.04. The van der Waals surface area contributed by atoms with Crippen molar-refractivity contribution in [2.75, 3.05) is 89.8 Å². The molecular formula is C52H70FN13O13. The van der Waals surface area contributed by atoms with Crippen LogP contribution < -0.4 is 53.8 Å². The number of hydrogen-bond donors (Lipinski definition) is 9. The Kier molecular flexibility index (Phi) is 24.1. The average Bonchev–Trinajstić information content (AvgIpc) is 4.01. The van der Waals surface area contributed by atoms with Crippen LogP contribution >= 0.6 is 0 Å². The van der Waals surface area contributed by atoms with E-state index in [1.807, 2.05) is 12.1 Å². The van der Waals surface area contributed by atoms with E-state index < -0.39 is 65.3 Å². The molecule has 3 heterocycles. The van der Waals surface area contributed by atoms with Gasteiger partial charge in [0.25, 0.3) is 5.56 Å². The Morgan fingerprint density at radius 1 is 0.810 bits per heavy atom. The van der Waals surface area contributed by atoms with Gasteiger partial charge in [-0.3, -0.25) is 23.9 Å². The first kappa shape index (κ1) is 60.4. The third kappa shape index (κ3) is 19.0. The van der Waals surface area contributed by atoms with Crippen molar-refractivity contribution in [1.82, 2.24) is 46.2 Å². The predicted molar refractivity (Wildman–Crippen MR) is 285 cm³/mol. The van der Waals surface area contributed by atoms with Crippen LogP contribution in [0.2, 0.25) is 0 Å². The maximum atomic E-state index is 14.7. The molecule has 3 aromatic carbocycles. The maximum Gasteiger partial charge on any atom is 0.407 e. The van der Waals surface area contributed by atoms with Crippen molar-refractivity contribution in [2.24, 2.45) is 24.6 Å². The summed E-state index contributed by atoms with van der Waals surface area (Å²) >= 11 is 0. The van der Waals surface area contributed by atoms with Gasteiger partial charge in [-0.25, -0.2) is 30.0 Å². The smallest absolute Gasteiger partial charge is 0.407 e. The lowest BCUT2D eigenvalue weighted by molar-refractivity contribution is -0.132. The van der Waals surface area contributed by atoms with Crippen molar-refractivity contribution >= 4 is 52.0 Å². The van der Waals surface area contributed by atoms with E-state index in [2.05, 4.69) is 57.0 Å². The average molecular weight is 1100 g/mol. The summed E-state index contributed by atoms with van der Waals surface area (Å²) in [5.74, 6) is 3.18. The Hall–Kier alpha value is -7.82. The number of halogens is 1. The molecule has 27 heteroatoms. The highest BCUT2D eigenvalue weighted by molar-refractivity contribution is 5.99. The van der Waals surface area contributed by atoms with Crippen molar-refractivity contribution in [1.29, 1.82) is 0 Å². The van der Waals surface area contributed by atoms with Gasteiger partial charge in [-0.2, -0.15) is 10.2 Å². The van der Waals surface area contributed by atoms with Crippen LogP contribution in [0.25, 0.3) is 10.8 Å². The van der Waals surface area contributed by atoms with Gasteiger partial charge in [0.2, 0.25) is 17.7 Å². The predicted octanol–water partition coefficient (Wildman–Crippen LogP) is 2.54. The molecule has 1 aliphatic rings. The standard InChI is InChI=1S/C52H70FN13O13/c1-32(2)44(63-41(67)15-19-73-20-21-74-22-23-75-24-25-76-26-27-79-55)50(70)62-39(6-4-16-56-51(54)71)49(69)60-36-11-7-33(8-12-36)30-78-52(72)57-17-5-18-77-37-13-9-34(10-14-37)45-43(47-58-31-59-66(47)3)46-42-38(48(68)65-64-46)28-35(53)29-40(42)61-45/h7-14,28-29,31-32,39,43-45,61H,4-6,15-27,30,55H2,1-3H3,(H,57,72)(H,60,69)(H,62,70)(H,63,67)(H,65,68)(H3,54,56,71)/t39-,43+,44-,45+/m0/s1. The molecule has 4 atom stereocenters. The minimum absolute atomic E-state index is 0.0153. The second kappa shape index (κ2) is 31.5. The van der Waals surface area contributed by atoms with Crippen molar-refractivity contribution in [3.8, 4) is 5.75 Å². The molecule has 5 aromatic rings. The van der Waals surface area contributed by atoms with E-state index in [1.54, 1.807) is 62.0 Å². The summed E-state index contributed by atoms with van der Waals surface area (Å²) in [7, 11) is 1.76. The Bertz CT molecular complexity index is 2820. The van der Waals surface area contributed by atoms with Gasteiger partial charge in [-0.1, -0.05) is 38.1 Å². The summed E-state index contributed by atoms with van der Waals surface area (Å²) < 4.78 is 49.3. The van der Waals surface area contributed by atoms with Crippen LogP contribution in [0.3, 0.4) is 0 Å². The number of carbonyl (C=O) groups excluding carboxylic acids is 5. The number of nitrogens with zero attached hydrogens (tertiary/aromatic N) is 4. The van der Waals surface area contributed by atoms with Crippen LogP contribution in [-0.4, -0.2) is 146 Å². The largest absolute Gasteiger partial charge is 0.494 e. The number of nitrogens with two attached hydrogens (primary N) is 2. The number of aromatic nitrogens is 5. The lowest BCUT2D eigenvalue weighted by atomic mass is 9.83. The fourth-order valence-corrected chi connectivity index (χ4v) is 8.37. The van der Waals surface area contributed by atoms with E-state index in [-0.39, 0.29) is 63.7 Å². The topological polar surface area (TPSA) is 351 Å². The lowest BCUT2D eigenvalue weighted by Crippen LogP contribution is -2.54. The van der Waals surface area contributed by atoms with Gasteiger partial charge >= 0.3 is 12.1 Å². The molecule has 6 amide bonds. The number of H-pyrrole nitrogens is 1. The Balaban J connectivity index is 0.895. The van der Waals surface area contributed by atoms with Gasteiger partial charge in [0.15, 0.2) is 0 Å². The molecule has 79 heavy (non-hydrogen) atoms. The molecule has 2 aromatic heterocycles. The summed E-state index contributed by atoms with van der Waals surface area (Å²) in [6, 6.07) is 13.3. The zero-order valence-electron chi connectivity index (χ0n) is 44.4. The van der Waals surface area contributed by atoms with Gasteiger partial charge in [0.05, 0.1) is 89.1 Å². The molecule has 0 aliphatic carbocycles. The number of rotatable bonds is 34. The number of benzene rings is 3. The number of carbonyl (C=O) groups is 5. The summed E-state index contributed by atoms with van der Waals surface area (Å²) in [4.78, 5) is 85.4. The van der Waals surface area contributed by atoms with Gasteiger partial charge in [-0.15, -0.1) is 0 Å². The monoisotopic (exact) mass is 1100 g/mol. The third-order valence-corrected chi connectivity index (χ3v) is 12.3. The van der Waals surface area contributed by atoms with E-state index in [9.17, 15) is 33.2 Å². The molecule has 0 spiro atoms. The first-order valence-electron chi connectivity index (χ1n) is 25.8. The van der Waals surface area contributed by atoms with Crippen molar-refractivity contribution in [2.45, 2.75) is 70.2 Å². The normalized spacial score (nSPS) is 14.5. The molecular weight excluding hydrogens is 1030 g/mol.